The monoisotopic (exact) mass is 649 g/mol. The first-order valence-electron chi connectivity index (χ1n) is 16.5. The van der Waals surface area contributed by atoms with Crippen molar-refractivity contribution in [2.75, 3.05) is 4.90 Å². The lowest BCUT2D eigenvalue weighted by Gasteiger charge is -2.55. The average molecular weight is 650 g/mol. The number of amides is 2. The fraction of sp³-hybridized carbons (Fsp3) is 0.190. The predicted molar refractivity (Wildman–Crippen MR) is 184 cm³/mol. The van der Waals surface area contributed by atoms with E-state index in [9.17, 15) is 24.3 Å². The molecule has 0 spiro atoms. The second kappa shape index (κ2) is 11.5. The summed E-state index contributed by atoms with van der Waals surface area (Å²) in [6.45, 7) is 3.78. The Balaban J connectivity index is 1.35. The molecule has 0 aromatic heterocycles. The van der Waals surface area contributed by atoms with Crippen molar-refractivity contribution >= 4 is 40.7 Å². The van der Waals surface area contributed by atoms with Gasteiger partial charge in [-0.05, 0) is 71.4 Å². The minimum absolute atomic E-state index is 0.149. The van der Waals surface area contributed by atoms with Crippen LogP contribution in [0, 0.1) is 29.5 Å². The number of benzene rings is 4. The Morgan fingerprint density at radius 2 is 1.53 bits per heavy atom. The molecule has 8 rings (SSSR count). The molecule has 3 aliphatic carbocycles. The van der Waals surface area contributed by atoms with E-state index in [4.69, 9.17) is 0 Å². The normalized spacial score (nSPS) is 27.5. The number of carbonyl (C=O) groups is 4. The number of allylic oxidation sites excluding steroid dienone is 4. The van der Waals surface area contributed by atoms with Gasteiger partial charge in [0, 0.05) is 17.4 Å². The Morgan fingerprint density at radius 3 is 2.20 bits per heavy atom. The lowest BCUT2D eigenvalue weighted by Crippen LogP contribution is -2.58. The average Bonchev–Trinajstić information content (AvgIpc) is 3.39. The van der Waals surface area contributed by atoms with Gasteiger partial charge in [-0.3, -0.25) is 24.1 Å². The van der Waals surface area contributed by atoms with Gasteiger partial charge < -0.3 is 5.11 Å². The molecular weight excluding hydrogens is 617 g/mol. The third-order valence-electron chi connectivity index (χ3n) is 11.1. The summed E-state index contributed by atoms with van der Waals surface area (Å²) >= 11 is 0. The lowest BCUT2D eigenvalue weighted by molar-refractivity contribution is -0.135. The second-order valence-electron chi connectivity index (χ2n) is 13.3. The molecule has 6 nitrogen and oxygen atoms in total. The van der Waals surface area contributed by atoms with E-state index in [1.54, 1.807) is 60.7 Å². The number of aromatic hydroxyl groups is 1. The second-order valence-corrected chi connectivity index (χ2v) is 13.3. The Labute approximate surface area is 282 Å². The molecule has 0 radical (unpaired) electrons. The first-order chi connectivity index (χ1) is 23.7. The predicted octanol–water partition coefficient (Wildman–Crippen LogP) is 7.20. The van der Waals surface area contributed by atoms with E-state index in [2.05, 4.69) is 6.58 Å². The number of Topliss-reactive ketones (excluding diaryl/α,β-unsaturated/α-hetero) is 1. The molecule has 1 saturated carbocycles. The zero-order chi connectivity index (χ0) is 34.0. The summed E-state index contributed by atoms with van der Waals surface area (Å²) in [5.41, 5.74) is 2.48. The van der Waals surface area contributed by atoms with Gasteiger partial charge in [0.15, 0.2) is 23.1 Å². The van der Waals surface area contributed by atoms with Crippen molar-refractivity contribution in [3.05, 3.63) is 156 Å². The Bertz CT molecular complexity index is 2120. The minimum Gasteiger partial charge on any atom is -0.505 e. The van der Waals surface area contributed by atoms with Gasteiger partial charge in [0.25, 0.3) is 0 Å². The number of carbonyl (C=O) groups excluding carboxylic acids is 4. The Morgan fingerprint density at radius 1 is 0.837 bits per heavy atom. The number of nitrogens with zero attached hydrogens (tertiary/aromatic N) is 1. The third-order valence-corrected chi connectivity index (χ3v) is 11.1. The van der Waals surface area contributed by atoms with E-state index in [-0.39, 0.29) is 41.8 Å². The van der Waals surface area contributed by atoms with Gasteiger partial charge in [0.2, 0.25) is 11.8 Å². The van der Waals surface area contributed by atoms with Crippen molar-refractivity contribution in [3.8, 4) is 5.75 Å². The van der Waals surface area contributed by atoms with Gasteiger partial charge in [-0.25, -0.2) is 4.39 Å². The number of rotatable bonds is 5. The molecular formula is C42H32FNO5. The fourth-order valence-electron chi connectivity index (χ4n) is 8.97. The largest absolute Gasteiger partial charge is 0.505 e. The van der Waals surface area contributed by atoms with Gasteiger partial charge in [0.1, 0.15) is 0 Å². The molecule has 1 heterocycles. The summed E-state index contributed by atoms with van der Waals surface area (Å²) in [5, 5.41) is 10.2. The van der Waals surface area contributed by atoms with E-state index < -0.39 is 46.6 Å². The molecule has 2 amide bonds. The van der Waals surface area contributed by atoms with Gasteiger partial charge in [0.05, 0.1) is 22.9 Å². The number of fused-ring (bicyclic) bond motifs is 4. The molecule has 4 aromatic rings. The SMILES string of the molecule is C=Cc1ccc(N2C(=O)C3CC=C4C(CC5C(=O)C(c6ccccc6)=CC(=O)C5(c5ccccc5)C4c4ccc(O)c(F)c4)C3C2=O)cc1. The maximum atomic E-state index is 15.2. The third kappa shape index (κ3) is 4.45. The molecule has 4 aliphatic rings. The van der Waals surface area contributed by atoms with E-state index in [1.165, 1.54) is 23.1 Å². The smallest absolute Gasteiger partial charge is 0.238 e. The van der Waals surface area contributed by atoms with Crippen LogP contribution in [0.3, 0.4) is 0 Å². The number of ketones is 2. The first-order valence-corrected chi connectivity index (χ1v) is 16.5. The summed E-state index contributed by atoms with van der Waals surface area (Å²) in [5.74, 6) is -6.39. The standard InChI is InChI=1S/C42H32FNO5/c1-2-24-13-16-28(17-14-24)44-40(48)30-19-18-29-32(37(30)41(44)49)22-33-39(47)31(25-9-5-3-6-10-25)23-36(46)42(33,27-11-7-4-8-12-27)38(29)26-15-20-35(45)34(43)21-26/h2-18,20-21,23,30,32-33,37-38,45H,1,19,22H2. The van der Waals surface area contributed by atoms with Gasteiger partial charge >= 0.3 is 0 Å². The molecule has 2 fully saturated rings. The van der Waals surface area contributed by atoms with Crippen LogP contribution in [0.4, 0.5) is 10.1 Å². The number of phenolic OH excluding ortho intramolecular Hbond substituents is 1. The van der Waals surface area contributed by atoms with Crippen LogP contribution in [0.5, 0.6) is 5.75 Å². The van der Waals surface area contributed by atoms with Crippen molar-refractivity contribution in [2.45, 2.75) is 24.2 Å². The van der Waals surface area contributed by atoms with Crippen LogP contribution in [-0.2, 0) is 24.6 Å². The molecule has 0 bridgehead atoms. The molecule has 7 heteroatoms. The number of hydrogen-bond donors (Lipinski definition) is 1. The summed E-state index contributed by atoms with van der Waals surface area (Å²) in [6, 6.07) is 29.3. The Hall–Kier alpha value is -5.69. The number of anilines is 1. The fourth-order valence-corrected chi connectivity index (χ4v) is 8.97. The topological polar surface area (TPSA) is 91.8 Å². The summed E-state index contributed by atoms with van der Waals surface area (Å²) in [4.78, 5) is 59.6. The van der Waals surface area contributed by atoms with Crippen molar-refractivity contribution in [1.82, 2.24) is 0 Å². The van der Waals surface area contributed by atoms with Crippen LogP contribution in [0.15, 0.2) is 127 Å². The highest BCUT2D eigenvalue weighted by Gasteiger charge is 2.66. The van der Waals surface area contributed by atoms with Gasteiger partial charge in [-0.2, -0.15) is 0 Å². The number of halogens is 1. The number of phenols is 1. The van der Waals surface area contributed by atoms with E-state index >= 15 is 4.39 Å². The van der Waals surface area contributed by atoms with Crippen LogP contribution in [0.1, 0.15) is 41.0 Å². The molecule has 242 valence electrons. The van der Waals surface area contributed by atoms with Crippen molar-refractivity contribution in [2.24, 2.45) is 23.7 Å². The first kappa shape index (κ1) is 30.6. The zero-order valence-corrected chi connectivity index (χ0v) is 26.5. The highest BCUT2D eigenvalue weighted by Crippen LogP contribution is 2.63. The van der Waals surface area contributed by atoms with E-state index in [0.717, 1.165) is 11.1 Å². The Kier molecular flexibility index (Phi) is 7.18. The van der Waals surface area contributed by atoms with Crippen molar-refractivity contribution < 1.29 is 28.7 Å². The molecule has 1 N–H and O–H groups in total. The number of imide groups is 1. The molecule has 1 saturated heterocycles. The van der Waals surface area contributed by atoms with E-state index in [0.29, 0.717) is 22.4 Å². The molecule has 49 heavy (non-hydrogen) atoms. The summed E-state index contributed by atoms with van der Waals surface area (Å²) in [7, 11) is 0. The minimum atomic E-state index is -1.47. The highest BCUT2D eigenvalue weighted by molar-refractivity contribution is 6.32. The van der Waals surface area contributed by atoms with Gasteiger partial charge in [-0.15, -0.1) is 0 Å². The van der Waals surface area contributed by atoms with Gasteiger partial charge in [-0.1, -0.05) is 103 Å². The van der Waals surface area contributed by atoms with Crippen molar-refractivity contribution in [1.29, 1.82) is 0 Å². The highest BCUT2D eigenvalue weighted by atomic mass is 19.1. The molecule has 6 atom stereocenters. The maximum absolute atomic E-state index is 15.2. The van der Waals surface area contributed by atoms with Crippen LogP contribution >= 0.6 is 0 Å². The number of hydrogen-bond acceptors (Lipinski definition) is 5. The quantitative estimate of drug-likeness (QED) is 0.182. The van der Waals surface area contributed by atoms with Crippen LogP contribution in [-0.4, -0.2) is 28.5 Å². The molecule has 1 aliphatic heterocycles. The van der Waals surface area contributed by atoms with Crippen LogP contribution < -0.4 is 4.90 Å². The molecule has 6 unspecified atom stereocenters. The molecule has 4 aromatic carbocycles. The summed E-state index contributed by atoms with van der Waals surface area (Å²) in [6.07, 6.45) is 5.45. The van der Waals surface area contributed by atoms with Crippen LogP contribution in [0.2, 0.25) is 0 Å². The maximum Gasteiger partial charge on any atom is 0.238 e. The zero-order valence-electron chi connectivity index (χ0n) is 26.5. The van der Waals surface area contributed by atoms with Crippen molar-refractivity contribution in [3.63, 3.8) is 0 Å². The van der Waals surface area contributed by atoms with Crippen LogP contribution in [0.25, 0.3) is 11.6 Å². The summed E-state index contributed by atoms with van der Waals surface area (Å²) < 4.78 is 15.2. The van der Waals surface area contributed by atoms with E-state index in [1.807, 2.05) is 42.5 Å². The lowest BCUT2D eigenvalue weighted by atomic mass is 9.44.